The minimum Gasteiger partial charge on any atom is -0.481 e. The van der Waals surface area contributed by atoms with Crippen molar-refractivity contribution in [1.82, 2.24) is 0 Å². The number of carbonyl (C=O) groups is 5. The Morgan fingerprint density at radius 1 is 0.542 bits per heavy atom. The van der Waals surface area contributed by atoms with E-state index in [4.69, 9.17) is 33.3 Å². The summed E-state index contributed by atoms with van der Waals surface area (Å²) in [5, 5.41) is 17.8. The molecule has 0 amide bonds. The molecule has 0 aliphatic carbocycles. The average Bonchev–Trinajstić information content (AvgIpc) is 2.90. The molecular formula is C28H52O18P2. The Bertz CT molecular complexity index is 1140. The average molecular weight is 739 g/mol. The number of carboxylic acids is 2. The van der Waals surface area contributed by atoms with Gasteiger partial charge in [0.15, 0.2) is 0 Å². The van der Waals surface area contributed by atoms with Gasteiger partial charge < -0.3 is 29.3 Å². The van der Waals surface area contributed by atoms with E-state index in [1.54, 1.807) is 62.3 Å². The van der Waals surface area contributed by atoms with Crippen LogP contribution in [0.3, 0.4) is 0 Å². The van der Waals surface area contributed by atoms with Crippen LogP contribution in [0.5, 0.6) is 0 Å². The van der Waals surface area contributed by atoms with E-state index in [-0.39, 0.29) is 0 Å². The molecule has 0 saturated carbocycles. The summed E-state index contributed by atoms with van der Waals surface area (Å²) in [6.07, 6.45) is -2.11. The highest BCUT2D eigenvalue weighted by molar-refractivity contribution is 7.48. The predicted octanol–water partition coefficient (Wildman–Crippen LogP) is 5.12. The first kappa shape index (κ1) is 47.7. The Kier molecular flexibility index (Phi) is 19.6. The summed E-state index contributed by atoms with van der Waals surface area (Å²) in [6.45, 7) is 17.6. The molecule has 0 aliphatic rings. The van der Waals surface area contributed by atoms with Gasteiger partial charge in [0.1, 0.15) is 0 Å². The number of aliphatic carboxylic acids is 2. The van der Waals surface area contributed by atoms with E-state index in [0.717, 1.165) is 0 Å². The molecule has 0 aromatic heterocycles. The largest absolute Gasteiger partial charge is 0.481 e. The summed E-state index contributed by atoms with van der Waals surface area (Å²) in [4.78, 5) is 66.0. The lowest BCUT2D eigenvalue weighted by molar-refractivity contribution is -0.164. The van der Waals surface area contributed by atoms with Crippen molar-refractivity contribution in [2.75, 3.05) is 20.4 Å². The fourth-order valence-corrected chi connectivity index (χ4v) is 4.21. The van der Waals surface area contributed by atoms with Crippen molar-refractivity contribution in [2.45, 2.75) is 102 Å². The molecule has 0 radical (unpaired) electrons. The monoisotopic (exact) mass is 738 g/mol. The first-order valence-corrected chi connectivity index (χ1v) is 17.5. The number of phosphoric acid groups is 2. The number of phosphoric ester groups is 2. The lowest BCUT2D eigenvalue weighted by Gasteiger charge is -2.24. The standard InChI is InChI=1S/C17H31O10P.C11H21O8P/c1-11(13(18)19)12(2)27-28(22,25-9-23-14(20)16(3,4)5)26-10-24-15(21)17(6,7)8;1-7(9(12)13)8(2)19-20(15,16)18-6-17-10(14)11(3,4)5/h11-12H,9-10H2,1-8H3,(H,18,19);7-8H,6H2,1-5H3,(H,12,13)(H,15,16)/t11-,12+;7-,8+/m00/s1. The molecule has 20 heteroatoms. The van der Waals surface area contributed by atoms with Crippen LogP contribution in [0.25, 0.3) is 0 Å². The van der Waals surface area contributed by atoms with Crippen molar-refractivity contribution in [1.29, 1.82) is 0 Å². The van der Waals surface area contributed by atoms with E-state index in [9.17, 15) is 38.0 Å². The number of carbonyl (C=O) groups excluding carboxylic acids is 3. The second kappa shape index (κ2) is 19.7. The molecule has 3 N–H and O–H groups in total. The second-order valence-electron chi connectivity index (χ2n) is 13.6. The number of carboxylic acid groups (broad SMARTS) is 2. The molecule has 0 aliphatic heterocycles. The van der Waals surface area contributed by atoms with E-state index in [0.29, 0.717) is 0 Å². The normalized spacial score (nSPS) is 16.1. The van der Waals surface area contributed by atoms with Gasteiger partial charge in [0.2, 0.25) is 20.4 Å². The molecule has 0 bridgehead atoms. The van der Waals surface area contributed by atoms with Crippen LogP contribution in [-0.2, 0) is 69.9 Å². The van der Waals surface area contributed by atoms with Crippen LogP contribution in [-0.4, -0.2) is 77.5 Å². The third kappa shape index (κ3) is 20.2. The number of hydrogen-bond acceptors (Lipinski definition) is 15. The summed E-state index contributed by atoms with van der Waals surface area (Å²) in [5.41, 5.74) is -2.40. The zero-order valence-electron chi connectivity index (χ0n) is 29.8. The molecule has 0 saturated heterocycles. The Labute approximate surface area is 281 Å². The Hall–Kier alpha value is -2.43. The maximum Gasteiger partial charge on any atom is 0.480 e. The molecule has 0 fully saturated rings. The van der Waals surface area contributed by atoms with E-state index >= 15 is 0 Å². The fourth-order valence-electron chi connectivity index (χ4n) is 2.21. The van der Waals surface area contributed by atoms with Gasteiger partial charge in [-0.3, -0.25) is 33.0 Å². The molecule has 48 heavy (non-hydrogen) atoms. The van der Waals surface area contributed by atoms with Crippen molar-refractivity contribution < 1.29 is 85.0 Å². The highest BCUT2D eigenvalue weighted by Gasteiger charge is 2.36. The van der Waals surface area contributed by atoms with E-state index in [1.165, 1.54) is 27.7 Å². The third-order valence-electron chi connectivity index (χ3n) is 5.83. The zero-order valence-corrected chi connectivity index (χ0v) is 31.6. The SMILES string of the molecule is C[C@H](C(=O)O)[C@@H](C)OP(=O)(O)OCOC(=O)C(C)(C)C.C[C@H](C(=O)O)[C@@H](C)OP(=O)(OCOC(=O)C(C)(C)C)OCOC(=O)C(C)(C)C. The van der Waals surface area contributed by atoms with Crippen LogP contribution in [0, 0.1) is 28.1 Å². The van der Waals surface area contributed by atoms with Crippen LogP contribution in [0.1, 0.15) is 90.0 Å². The van der Waals surface area contributed by atoms with Crippen molar-refractivity contribution in [3.05, 3.63) is 0 Å². The first-order chi connectivity index (χ1) is 21.4. The molecule has 5 atom stereocenters. The summed E-state index contributed by atoms with van der Waals surface area (Å²) in [6, 6.07) is 0. The van der Waals surface area contributed by atoms with Crippen molar-refractivity contribution in [3.8, 4) is 0 Å². The van der Waals surface area contributed by atoms with Gasteiger partial charge in [-0.25, -0.2) is 22.7 Å². The number of esters is 3. The number of rotatable bonds is 17. The van der Waals surface area contributed by atoms with Crippen molar-refractivity contribution in [3.63, 3.8) is 0 Å². The summed E-state index contributed by atoms with van der Waals surface area (Å²) < 4.78 is 62.8. The minimum atomic E-state index is -4.49. The number of ether oxygens (including phenoxy) is 3. The minimum absolute atomic E-state index is 0.607. The molecule has 18 nitrogen and oxygen atoms in total. The van der Waals surface area contributed by atoms with E-state index < -0.39 is 106 Å². The van der Waals surface area contributed by atoms with Gasteiger partial charge in [-0.2, -0.15) is 0 Å². The summed E-state index contributed by atoms with van der Waals surface area (Å²) in [5.74, 6) is -6.22. The maximum atomic E-state index is 12.8. The van der Waals surface area contributed by atoms with Gasteiger partial charge in [0.25, 0.3) is 0 Å². The fraction of sp³-hybridized carbons (Fsp3) is 0.821. The van der Waals surface area contributed by atoms with Crippen LogP contribution in [0.2, 0.25) is 0 Å². The Balaban J connectivity index is 0. The molecule has 1 unspecified atom stereocenters. The van der Waals surface area contributed by atoms with Gasteiger partial charge in [-0.15, -0.1) is 0 Å². The highest BCUT2D eigenvalue weighted by Crippen LogP contribution is 2.51. The lowest BCUT2D eigenvalue weighted by atomic mass is 9.98. The second-order valence-corrected chi connectivity index (χ2v) is 16.6. The van der Waals surface area contributed by atoms with Gasteiger partial charge in [0.05, 0.1) is 40.3 Å². The zero-order chi connectivity index (χ0) is 38.5. The molecule has 0 rings (SSSR count). The summed E-state index contributed by atoms with van der Waals surface area (Å²) in [7, 11) is -8.90. The Morgan fingerprint density at radius 2 is 0.812 bits per heavy atom. The molecule has 0 spiro atoms. The molecule has 0 aromatic rings. The molecule has 0 aromatic carbocycles. The van der Waals surface area contributed by atoms with E-state index in [1.807, 2.05) is 0 Å². The highest BCUT2D eigenvalue weighted by atomic mass is 31.2. The van der Waals surface area contributed by atoms with Gasteiger partial charge in [-0.05, 0) is 90.0 Å². The molecule has 0 heterocycles. The first-order valence-electron chi connectivity index (χ1n) is 14.6. The van der Waals surface area contributed by atoms with Crippen molar-refractivity contribution in [2.24, 2.45) is 28.1 Å². The third-order valence-corrected chi connectivity index (χ3v) is 8.29. The van der Waals surface area contributed by atoms with Gasteiger partial charge in [0, 0.05) is 0 Å². The van der Waals surface area contributed by atoms with Crippen LogP contribution < -0.4 is 0 Å². The number of hydrogen-bond donors (Lipinski definition) is 3. The van der Waals surface area contributed by atoms with Gasteiger partial charge >= 0.3 is 45.5 Å². The van der Waals surface area contributed by atoms with Crippen molar-refractivity contribution >= 4 is 45.5 Å². The van der Waals surface area contributed by atoms with Gasteiger partial charge in [-0.1, -0.05) is 0 Å². The predicted molar refractivity (Wildman–Crippen MR) is 167 cm³/mol. The summed E-state index contributed by atoms with van der Waals surface area (Å²) >= 11 is 0. The van der Waals surface area contributed by atoms with Crippen LogP contribution in [0.15, 0.2) is 0 Å². The molecular weight excluding hydrogens is 686 g/mol. The smallest absolute Gasteiger partial charge is 0.480 e. The topological polar surface area (TPSA) is 254 Å². The lowest BCUT2D eigenvalue weighted by Crippen LogP contribution is -2.27. The Morgan fingerprint density at radius 3 is 1.08 bits per heavy atom. The quantitative estimate of drug-likeness (QED) is 0.0757. The maximum absolute atomic E-state index is 12.8. The van der Waals surface area contributed by atoms with Crippen LogP contribution in [0.4, 0.5) is 0 Å². The van der Waals surface area contributed by atoms with E-state index in [2.05, 4.69) is 13.8 Å². The molecule has 282 valence electrons. The van der Waals surface area contributed by atoms with Crippen LogP contribution >= 0.6 is 15.6 Å².